The highest BCUT2D eigenvalue weighted by Gasteiger charge is 2.12. The predicted octanol–water partition coefficient (Wildman–Crippen LogP) is 1.72. The summed E-state index contributed by atoms with van der Waals surface area (Å²) in [5.74, 6) is -0.404. The van der Waals surface area contributed by atoms with E-state index in [0.717, 1.165) is 32.8 Å². The Balaban J connectivity index is 0.00000256. The molecule has 0 aromatic heterocycles. The summed E-state index contributed by atoms with van der Waals surface area (Å²) in [4.78, 5) is 30.7. The van der Waals surface area contributed by atoms with Crippen molar-refractivity contribution in [3.63, 3.8) is 0 Å². The van der Waals surface area contributed by atoms with E-state index in [4.69, 9.17) is 20.9 Å². The number of guanidine groups is 1. The fraction of sp³-hybridized carbons (Fsp3) is 0.286. The Labute approximate surface area is 199 Å². The number of ether oxygens (including phenoxy) is 2. The van der Waals surface area contributed by atoms with Crippen molar-refractivity contribution >= 4 is 48.3 Å². The number of benzene rings is 2. The molecule has 0 unspecified atom stereocenters. The second-order valence-electron chi connectivity index (χ2n) is 6.71. The lowest BCUT2D eigenvalue weighted by atomic mass is 10.2. The molecule has 0 spiro atoms. The van der Waals surface area contributed by atoms with Crippen LogP contribution < -0.4 is 21.5 Å². The molecule has 1 amide bonds. The molecule has 3 rings (SSSR count). The molecule has 1 aliphatic heterocycles. The Morgan fingerprint density at radius 1 is 0.969 bits per heavy atom. The van der Waals surface area contributed by atoms with Crippen LogP contribution in [0.1, 0.15) is 20.7 Å². The van der Waals surface area contributed by atoms with Crippen molar-refractivity contribution in [2.24, 2.45) is 16.5 Å². The molecule has 1 saturated heterocycles. The first-order valence-electron chi connectivity index (χ1n) is 9.61. The Morgan fingerprint density at radius 3 is 2.16 bits per heavy atom. The highest BCUT2D eigenvalue weighted by atomic mass is 35.5. The van der Waals surface area contributed by atoms with Gasteiger partial charge in [0.2, 0.25) is 0 Å². The summed E-state index contributed by atoms with van der Waals surface area (Å²) >= 11 is 0. The molecular formula is C21H27Cl2N5O4. The van der Waals surface area contributed by atoms with E-state index in [1.165, 1.54) is 0 Å². The van der Waals surface area contributed by atoms with Crippen LogP contribution in [-0.2, 0) is 4.74 Å². The molecule has 9 nitrogen and oxygen atoms in total. The zero-order chi connectivity index (χ0) is 21.3. The standard InChI is InChI=1S/C21H25N5O4.2ClH/c22-21(23)25-17-5-1-16(2-6-17)20(28)30-18-7-3-15(4-8-18)19(27)24-9-10-26-11-13-29-14-12-26;;/h1-8H,9-14H2,(H,24,27)(H4,22,23,25);2*1H. The van der Waals surface area contributed by atoms with E-state index < -0.39 is 5.97 Å². The molecule has 2 aromatic carbocycles. The molecule has 5 N–H and O–H groups in total. The number of halogens is 2. The minimum atomic E-state index is -0.519. The summed E-state index contributed by atoms with van der Waals surface area (Å²) in [6, 6.07) is 12.8. The monoisotopic (exact) mass is 483 g/mol. The normalized spacial score (nSPS) is 13.1. The molecule has 1 fully saturated rings. The van der Waals surface area contributed by atoms with Crippen molar-refractivity contribution in [1.82, 2.24) is 10.2 Å². The van der Waals surface area contributed by atoms with Gasteiger partial charge in [0.05, 0.1) is 24.5 Å². The quantitative estimate of drug-likeness (QED) is 0.236. The predicted molar refractivity (Wildman–Crippen MR) is 127 cm³/mol. The van der Waals surface area contributed by atoms with Crippen LogP contribution in [-0.4, -0.2) is 62.1 Å². The van der Waals surface area contributed by atoms with Crippen LogP contribution in [0.2, 0.25) is 0 Å². The van der Waals surface area contributed by atoms with Crippen LogP contribution in [0.15, 0.2) is 53.5 Å². The number of nitrogens with two attached hydrogens (primary N) is 2. The number of aliphatic imine (C=N–C) groups is 1. The maximum atomic E-state index is 12.3. The SMILES string of the molecule is Cl.Cl.NC(N)=Nc1ccc(C(=O)Oc2ccc(C(=O)NCCN3CCOCC3)cc2)cc1. The number of carbonyl (C=O) groups excluding carboxylic acids is 2. The maximum absolute atomic E-state index is 12.3. The molecule has 1 heterocycles. The minimum Gasteiger partial charge on any atom is -0.423 e. The van der Waals surface area contributed by atoms with E-state index in [1.807, 2.05) is 0 Å². The largest absolute Gasteiger partial charge is 0.423 e. The van der Waals surface area contributed by atoms with Crippen LogP contribution >= 0.6 is 24.8 Å². The number of nitrogens with zero attached hydrogens (tertiary/aromatic N) is 2. The van der Waals surface area contributed by atoms with E-state index in [2.05, 4.69) is 15.2 Å². The number of hydrogen-bond acceptors (Lipinski definition) is 6. The lowest BCUT2D eigenvalue weighted by molar-refractivity contribution is 0.0383. The maximum Gasteiger partial charge on any atom is 0.343 e. The zero-order valence-corrected chi connectivity index (χ0v) is 19.0. The molecule has 174 valence electrons. The van der Waals surface area contributed by atoms with Gasteiger partial charge in [0.1, 0.15) is 5.75 Å². The number of nitrogens with one attached hydrogen (secondary N) is 1. The number of amides is 1. The molecule has 0 bridgehead atoms. The lowest BCUT2D eigenvalue weighted by Gasteiger charge is -2.26. The van der Waals surface area contributed by atoms with E-state index in [-0.39, 0.29) is 36.7 Å². The highest BCUT2D eigenvalue weighted by molar-refractivity contribution is 5.95. The smallest absolute Gasteiger partial charge is 0.343 e. The van der Waals surface area contributed by atoms with Crippen molar-refractivity contribution in [3.05, 3.63) is 59.7 Å². The second-order valence-corrected chi connectivity index (χ2v) is 6.71. The number of esters is 1. The zero-order valence-electron chi connectivity index (χ0n) is 17.4. The van der Waals surface area contributed by atoms with Gasteiger partial charge in [-0.1, -0.05) is 0 Å². The summed E-state index contributed by atoms with van der Waals surface area (Å²) in [5.41, 5.74) is 12.0. The number of morpholine rings is 1. The average molecular weight is 484 g/mol. The summed E-state index contributed by atoms with van der Waals surface area (Å²) in [6.45, 7) is 4.57. The third kappa shape index (κ3) is 8.35. The van der Waals surface area contributed by atoms with Gasteiger partial charge in [-0.15, -0.1) is 24.8 Å². The lowest BCUT2D eigenvalue weighted by Crippen LogP contribution is -2.41. The first kappa shape index (κ1) is 27.2. The van der Waals surface area contributed by atoms with Gasteiger partial charge in [0.15, 0.2) is 5.96 Å². The van der Waals surface area contributed by atoms with Crippen LogP contribution in [0.5, 0.6) is 5.75 Å². The molecule has 1 aliphatic rings. The first-order chi connectivity index (χ1) is 14.5. The van der Waals surface area contributed by atoms with E-state index in [1.54, 1.807) is 48.5 Å². The third-order valence-electron chi connectivity index (χ3n) is 4.51. The molecule has 0 atom stereocenters. The number of hydrogen-bond donors (Lipinski definition) is 3. The molecule has 11 heteroatoms. The van der Waals surface area contributed by atoms with E-state index in [0.29, 0.717) is 29.1 Å². The van der Waals surface area contributed by atoms with Crippen molar-refractivity contribution in [3.8, 4) is 5.75 Å². The molecule has 2 aromatic rings. The summed E-state index contributed by atoms with van der Waals surface area (Å²) in [7, 11) is 0. The molecule has 0 aliphatic carbocycles. The molecular weight excluding hydrogens is 457 g/mol. The first-order valence-corrected chi connectivity index (χ1v) is 9.61. The highest BCUT2D eigenvalue weighted by Crippen LogP contribution is 2.17. The fourth-order valence-electron chi connectivity index (χ4n) is 2.92. The Morgan fingerprint density at radius 2 is 1.56 bits per heavy atom. The topological polar surface area (TPSA) is 132 Å². The average Bonchev–Trinajstić information content (AvgIpc) is 2.75. The second kappa shape index (κ2) is 13.5. The minimum absolute atomic E-state index is 0. The fourth-order valence-corrected chi connectivity index (χ4v) is 2.92. The molecule has 32 heavy (non-hydrogen) atoms. The van der Waals surface area contributed by atoms with Gasteiger partial charge in [-0.25, -0.2) is 9.79 Å². The summed E-state index contributed by atoms with van der Waals surface area (Å²) in [5, 5.41) is 2.89. The van der Waals surface area contributed by atoms with E-state index in [9.17, 15) is 9.59 Å². The van der Waals surface area contributed by atoms with Crippen molar-refractivity contribution in [1.29, 1.82) is 0 Å². The van der Waals surface area contributed by atoms with Crippen LogP contribution in [0.4, 0.5) is 5.69 Å². The number of rotatable bonds is 7. The van der Waals surface area contributed by atoms with Gasteiger partial charge >= 0.3 is 5.97 Å². The van der Waals surface area contributed by atoms with E-state index >= 15 is 0 Å². The van der Waals surface area contributed by atoms with Gasteiger partial charge in [-0.2, -0.15) is 0 Å². The molecule has 0 saturated carbocycles. The van der Waals surface area contributed by atoms with Crippen LogP contribution in [0.25, 0.3) is 0 Å². The van der Waals surface area contributed by atoms with Crippen molar-refractivity contribution in [2.75, 3.05) is 39.4 Å². The molecule has 0 radical (unpaired) electrons. The number of carbonyl (C=O) groups is 2. The third-order valence-corrected chi connectivity index (χ3v) is 4.51. The van der Waals surface area contributed by atoms with Crippen molar-refractivity contribution in [2.45, 2.75) is 0 Å². The van der Waals surface area contributed by atoms with Gasteiger partial charge in [0, 0.05) is 31.7 Å². The van der Waals surface area contributed by atoms with Gasteiger partial charge in [-0.05, 0) is 48.5 Å². The Hall–Kier alpha value is -2.85. The van der Waals surface area contributed by atoms with Gasteiger partial charge < -0.3 is 26.3 Å². The Kier molecular flexibility index (Phi) is 11.5. The van der Waals surface area contributed by atoms with Crippen LogP contribution in [0.3, 0.4) is 0 Å². The van der Waals surface area contributed by atoms with Gasteiger partial charge in [-0.3, -0.25) is 9.69 Å². The van der Waals surface area contributed by atoms with Crippen molar-refractivity contribution < 1.29 is 19.1 Å². The van der Waals surface area contributed by atoms with Gasteiger partial charge in [0.25, 0.3) is 5.91 Å². The van der Waals surface area contributed by atoms with Crippen LogP contribution in [0, 0.1) is 0 Å². The summed E-state index contributed by atoms with van der Waals surface area (Å²) in [6.07, 6.45) is 0. The Bertz CT molecular complexity index is 897. The summed E-state index contributed by atoms with van der Waals surface area (Å²) < 4.78 is 10.6.